The minimum atomic E-state index is -0.144. The molecule has 1 aromatic heterocycles. The van der Waals surface area contributed by atoms with Crippen molar-refractivity contribution in [2.75, 3.05) is 37.7 Å². The summed E-state index contributed by atoms with van der Waals surface area (Å²) in [5.41, 5.74) is 0.526. The number of nitrogens with zero attached hydrogens (tertiary/aromatic N) is 4. The lowest BCUT2D eigenvalue weighted by Gasteiger charge is -2.33. The molecule has 27 heavy (non-hydrogen) atoms. The number of rotatable bonds is 4. The van der Waals surface area contributed by atoms with Crippen LogP contribution in [-0.4, -0.2) is 69.0 Å². The molecule has 7 heteroatoms. The second-order valence-corrected chi connectivity index (χ2v) is 8.52. The normalized spacial score (nSPS) is 21.5. The Balaban J connectivity index is 1.52. The molecule has 2 aliphatic heterocycles. The summed E-state index contributed by atoms with van der Waals surface area (Å²) in [6, 6.07) is 7.51. The smallest absolute Gasteiger partial charge is 0.261 e. The van der Waals surface area contributed by atoms with Crippen molar-refractivity contribution < 1.29 is 4.79 Å². The number of fused-ring (bicyclic) bond motifs is 1. The molecule has 1 unspecified atom stereocenters. The maximum absolute atomic E-state index is 13.1. The first kappa shape index (κ1) is 18.5. The number of carbonyl (C=O) groups is 1. The van der Waals surface area contributed by atoms with E-state index in [1.807, 2.05) is 34.9 Å². The van der Waals surface area contributed by atoms with Crippen LogP contribution in [0.25, 0.3) is 10.9 Å². The monoisotopic (exact) mass is 386 g/mol. The summed E-state index contributed by atoms with van der Waals surface area (Å²) in [7, 11) is 0. The number of para-hydroxylation sites is 1. The molecule has 0 spiro atoms. The molecule has 0 radical (unpaired) electrons. The van der Waals surface area contributed by atoms with Crippen LogP contribution in [0.2, 0.25) is 0 Å². The number of hydrogen-bond acceptors (Lipinski definition) is 5. The van der Waals surface area contributed by atoms with Crippen molar-refractivity contribution in [1.29, 1.82) is 0 Å². The van der Waals surface area contributed by atoms with E-state index in [-0.39, 0.29) is 24.1 Å². The van der Waals surface area contributed by atoms with Crippen LogP contribution in [0.4, 0.5) is 0 Å². The van der Waals surface area contributed by atoms with Crippen LogP contribution < -0.4 is 5.56 Å². The third-order valence-electron chi connectivity index (χ3n) is 5.46. The molecule has 4 rings (SSSR count). The van der Waals surface area contributed by atoms with Crippen molar-refractivity contribution in [1.82, 2.24) is 19.4 Å². The summed E-state index contributed by atoms with van der Waals surface area (Å²) < 4.78 is 1.45. The molecule has 3 heterocycles. The van der Waals surface area contributed by atoms with Crippen LogP contribution >= 0.6 is 11.8 Å². The van der Waals surface area contributed by atoms with E-state index in [1.165, 1.54) is 23.7 Å². The minimum absolute atomic E-state index is 0.0286. The summed E-state index contributed by atoms with van der Waals surface area (Å²) in [4.78, 5) is 34.6. The fraction of sp³-hybridized carbons (Fsp3) is 0.550. The van der Waals surface area contributed by atoms with Gasteiger partial charge in [0.05, 0.1) is 23.3 Å². The van der Waals surface area contributed by atoms with Crippen LogP contribution in [0.15, 0.2) is 35.4 Å². The Kier molecular flexibility index (Phi) is 5.78. The molecule has 0 saturated carbocycles. The van der Waals surface area contributed by atoms with E-state index in [4.69, 9.17) is 0 Å². The Labute approximate surface area is 163 Å². The summed E-state index contributed by atoms with van der Waals surface area (Å²) in [6.07, 6.45) is 5.03. The van der Waals surface area contributed by atoms with E-state index in [0.717, 1.165) is 44.1 Å². The first-order valence-electron chi connectivity index (χ1n) is 9.76. The van der Waals surface area contributed by atoms with Crippen molar-refractivity contribution in [3.05, 3.63) is 40.9 Å². The molecule has 1 amide bonds. The molecule has 2 aromatic rings. The summed E-state index contributed by atoms with van der Waals surface area (Å²) >= 11 is 1.94. The van der Waals surface area contributed by atoms with Gasteiger partial charge in [-0.15, -0.1) is 0 Å². The van der Waals surface area contributed by atoms with Crippen LogP contribution in [0.5, 0.6) is 0 Å². The fourth-order valence-electron chi connectivity index (χ4n) is 4.03. The highest BCUT2D eigenvalue weighted by molar-refractivity contribution is 7.99. The number of carbonyl (C=O) groups excluding carboxylic acids is 1. The van der Waals surface area contributed by atoms with Gasteiger partial charge in [0.15, 0.2) is 0 Å². The molecule has 0 N–H and O–H groups in total. The molecule has 1 atom stereocenters. The van der Waals surface area contributed by atoms with Crippen molar-refractivity contribution in [3.8, 4) is 0 Å². The Morgan fingerprint density at radius 3 is 2.81 bits per heavy atom. The summed E-state index contributed by atoms with van der Waals surface area (Å²) in [5.74, 6) is 2.10. The third-order valence-corrected chi connectivity index (χ3v) is 6.66. The van der Waals surface area contributed by atoms with Crippen molar-refractivity contribution in [2.24, 2.45) is 0 Å². The zero-order valence-electron chi connectivity index (χ0n) is 15.5. The highest BCUT2D eigenvalue weighted by atomic mass is 32.2. The molecule has 6 nitrogen and oxygen atoms in total. The van der Waals surface area contributed by atoms with E-state index < -0.39 is 0 Å². The maximum atomic E-state index is 13.1. The van der Waals surface area contributed by atoms with Crippen molar-refractivity contribution in [2.45, 2.75) is 31.8 Å². The predicted molar refractivity (Wildman–Crippen MR) is 109 cm³/mol. The van der Waals surface area contributed by atoms with E-state index in [0.29, 0.717) is 10.9 Å². The van der Waals surface area contributed by atoms with Crippen LogP contribution in [0.3, 0.4) is 0 Å². The largest absolute Gasteiger partial charge is 0.336 e. The first-order valence-corrected chi connectivity index (χ1v) is 10.9. The second kappa shape index (κ2) is 8.44. The zero-order valence-corrected chi connectivity index (χ0v) is 16.4. The average molecular weight is 387 g/mol. The minimum Gasteiger partial charge on any atom is -0.336 e. The van der Waals surface area contributed by atoms with Crippen LogP contribution in [0.1, 0.15) is 19.3 Å². The molecule has 0 aliphatic carbocycles. The molecule has 1 aromatic carbocycles. The molecular weight excluding hydrogens is 360 g/mol. The SMILES string of the molecule is O=C(Cn1cnc2ccccc2c1=O)N1CCCSCC1CN1CCCC1. The standard InChI is InChI=1S/C20H26N4O2S/c25-19(13-23-15-21-18-7-2-1-6-17(18)20(23)26)24-10-5-11-27-14-16(24)12-22-8-3-4-9-22/h1-2,6-7,15-16H,3-5,8-14H2. The van der Waals surface area contributed by atoms with Gasteiger partial charge in [0.2, 0.25) is 5.91 Å². The molecule has 0 bridgehead atoms. The lowest BCUT2D eigenvalue weighted by molar-refractivity contribution is -0.134. The Morgan fingerprint density at radius 1 is 1.15 bits per heavy atom. The van der Waals surface area contributed by atoms with Gasteiger partial charge in [-0.05, 0) is 50.2 Å². The quantitative estimate of drug-likeness (QED) is 0.802. The maximum Gasteiger partial charge on any atom is 0.261 e. The van der Waals surface area contributed by atoms with E-state index in [9.17, 15) is 9.59 Å². The molecule has 2 fully saturated rings. The van der Waals surface area contributed by atoms with Gasteiger partial charge >= 0.3 is 0 Å². The first-order chi connectivity index (χ1) is 13.2. The number of benzene rings is 1. The third kappa shape index (κ3) is 4.19. The van der Waals surface area contributed by atoms with Crippen molar-refractivity contribution >= 4 is 28.6 Å². The Hall–Kier alpha value is -1.86. The summed E-state index contributed by atoms with van der Waals surface area (Å²) in [6.45, 7) is 4.07. The number of hydrogen-bond donors (Lipinski definition) is 0. The number of amides is 1. The van der Waals surface area contributed by atoms with Gasteiger partial charge in [-0.3, -0.25) is 14.2 Å². The number of likely N-dealkylation sites (tertiary alicyclic amines) is 1. The van der Waals surface area contributed by atoms with E-state index in [1.54, 1.807) is 6.07 Å². The van der Waals surface area contributed by atoms with Crippen LogP contribution in [-0.2, 0) is 11.3 Å². The fourth-order valence-corrected chi connectivity index (χ4v) is 5.08. The van der Waals surface area contributed by atoms with Gasteiger partial charge in [-0.2, -0.15) is 11.8 Å². The highest BCUT2D eigenvalue weighted by Gasteiger charge is 2.28. The summed E-state index contributed by atoms with van der Waals surface area (Å²) in [5, 5.41) is 0.563. The Bertz CT molecular complexity index is 862. The average Bonchev–Trinajstić information content (AvgIpc) is 3.08. The lowest BCUT2D eigenvalue weighted by Crippen LogP contribution is -2.49. The molecule has 2 saturated heterocycles. The predicted octanol–water partition coefficient (Wildman–Crippen LogP) is 1.83. The highest BCUT2D eigenvalue weighted by Crippen LogP contribution is 2.20. The van der Waals surface area contributed by atoms with Gasteiger partial charge in [0.1, 0.15) is 6.54 Å². The molecule has 144 valence electrons. The number of aromatic nitrogens is 2. The lowest BCUT2D eigenvalue weighted by atomic mass is 10.2. The van der Waals surface area contributed by atoms with E-state index >= 15 is 0 Å². The Morgan fingerprint density at radius 2 is 1.96 bits per heavy atom. The van der Waals surface area contributed by atoms with Gasteiger partial charge < -0.3 is 9.80 Å². The molecular formula is C20H26N4O2S. The van der Waals surface area contributed by atoms with Crippen LogP contribution in [0, 0.1) is 0 Å². The van der Waals surface area contributed by atoms with Gasteiger partial charge in [-0.25, -0.2) is 4.98 Å². The van der Waals surface area contributed by atoms with Crippen molar-refractivity contribution in [3.63, 3.8) is 0 Å². The molecule has 2 aliphatic rings. The van der Waals surface area contributed by atoms with Gasteiger partial charge in [0.25, 0.3) is 5.56 Å². The second-order valence-electron chi connectivity index (χ2n) is 7.37. The topological polar surface area (TPSA) is 58.4 Å². The van der Waals surface area contributed by atoms with E-state index in [2.05, 4.69) is 9.88 Å². The zero-order chi connectivity index (χ0) is 18.6. The van der Waals surface area contributed by atoms with Gasteiger partial charge in [-0.1, -0.05) is 12.1 Å². The number of thioether (sulfide) groups is 1. The van der Waals surface area contributed by atoms with Gasteiger partial charge in [0, 0.05) is 18.8 Å².